The number of urea groups is 1. The maximum Gasteiger partial charge on any atom is 0.323 e. The van der Waals surface area contributed by atoms with Crippen LogP contribution in [0.5, 0.6) is 5.75 Å². The summed E-state index contributed by atoms with van der Waals surface area (Å²) in [6.07, 6.45) is 3.42. The highest BCUT2D eigenvalue weighted by Gasteiger charge is 2.23. The summed E-state index contributed by atoms with van der Waals surface area (Å²) in [5.74, 6) is 1.02. The molecule has 0 aliphatic heterocycles. The number of methoxy groups -OCH3 is 1. The number of aromatic nitrogens is 2. The van der Waals surface area contributed by atoms with Crippen molar-refractivity contribution in [2.24, 2.45) is 0 Å². The topological polar surface area (TPSA) is 88.5 Å². The third kappa shape index (κ3) is 7.60. The number of benzene rings is 2. The zero-order chi connectivity index (χ0) is 31.3. The Hall–Kier alpha value is -3.88. The maximum atomic E-state index is 14.2. The number of rotatable bonds is 11. The lowest BCUT2D eigenvalue weighted by Gasteiger charge is -2.24. The zero-order valence-corrected chi connectivity index (χ0v) is 28.0. The number of carbonyl (C=O) groups excluding carboxylic acids is 1. The molecule has 8 nitrogen and oxygen atoms in total. The first-order valence-electron chi connectivity index (χ1n) is 15.1. The zero-order valence-electron chi connectivity index (χ0n) is 27.2. The molecule has 0 fully saturated rings. The SMILES string of the molecule is CCCCn1c(=O)c(NC(=O)Nc2c(C(C)C)cc(CN(C)C)cc2C(C)C)c(-c2cccc(OC)c2)c2cccnc21.Cl. The van der Waals surface area contributed by atoms with Crippen molar-refractivity contribution in [2.75, 3.05) is 31.8 Å². The van der Waals surface area contributed by atoms with Crippen LogP contribution in [0, 0.1) is 0 Å². The van der Waals surface area contributed by atoms with E-state index < -0.39 is 6.03 Å². The summed E-state index contributed by atoms with van der Waals surface area (Å²) in [5, 5.41) is 6.93. The number of aryl methyl sites for hydroxylation is 1. The van der Waals surface area contributed by atoms with Crippen LogP contribution >= 0.6 is 12.4 Å². The Balaban J connectivity index is 0.00000529. The van der Waals surface area contributed by atoms with E-state index in [1.165, 1.54) is 5.56 Å². The molecule has 4 rings (SSSR count). The van der Waals surface area contributed by atoms with Crippen LogP contribution in [0.3, 0.4) is 0 Å². The van der Waals surface area contributed by atoms with E-state index in [0.29, 0.717) is 23.5 Å². The molecule has 9 heteroatoms. The second kappa shape index (κ2) is 15.2. The molecule has 236 valence electrons. The van der Waals surface area contributed by atoms with E-state index in [-0.39, 0.29) is 35.5 Å². The second-order valence-corrected chi connectivity index (χ2v) is 11.9. The smallest absolute Gasteiger partial charge is 0.323 e. The number of halogens is 1. The molecule has 0 saturated heterocycles. The first-order valence-corrected chi connectivity index (χ1v) is 15.1. The molecule has 0 saturated carbocycles. The number of fused-ring (bicyclic) bond motifs is 1. The van der Waals surface area contributed by atoms with Gasteiger partial charge in [-0.25, -0.2) is 9.78 Å². The molecule has 2 amide bonds. The van der Waals surface area contributed by atoms with Gasteiger partial charge in [-0.3, -0.25) is 9.36 Å². The third-order valence-corrected chi connectivity index (χ3v) is 7.59. The minimum absolute atomic E-state index is 0. The summed E-state index contributed by atoms with van der Waals surface area (Å²) in [6.45, 7) is 11.9. The van der Waals surface area contributed by atoms with Crippen molar-refractivity contribution in [3.63, 3.8) is 0 Å². The van der Waals surface area contributed by atoms with Gasteiger partial charge in [0.2, 0.25) is 0 Å². The van der Waals surface area contributed by atoms with Crippen LogP contribution in [0.15, 0.2) is 59.5 Å². The molecule has 4 aromatic rings. The van der Waals surface area contributed by atoms with Gasteiger partial charge in [-0.05, 0) is 78.9 Å². The monoisotopic (exact) mass is 619 g/mol. The summed E-state index contributed by atoms with van der Waals surface area (Å²) < 4.78 is 7.17. The molecular formula is C35H46ClN5O3. The lowest BCUT2D eigenvalue weighted by molar-refractivity contribution is 0.262. The molecule has 44 heavy (non-hydrogen) atoms. The van der Waals surface area contributed by atoms with Crippen molar-refractivity contribution in [3.05, 3.63) is 81.8 Å². The molecule has 0 unspecified atom stereocenters. The predicted molar refractivity (Wildman–Crippen MR) is 185 cm³/mol. The van der Waals surface area contributed by atoms with E-state index >= 15 is 0 Å². The highest BCUT2D eigenvalue weighted by molar-refractivity contribution is 6.08. The van der Waals surface area contributed by atoms with Crippen LogP contribution < -0.4 is 20.9 Å². The molecular weight excluding hydrogens is 574 g/mol. The van der Waals surface area contributed by atoms with Crippen molar-refractivity contribution in [2.45, 2.75) is 72.4 Å². The van der Waals surface area contributed by atoms with Crippen LogP contribution in [-0.2, 0) is 13.1 Å². The van der Waals surface area contributed by atoms with Gasteiger partial charge in [-0.15, -0.1) is 12.4 Å². The Morgan fingerprint density at radius 1 is 0.977 bits per heavy atom. The first kappa shape index (κ1) is 34.6. The number of anilines is 2. The summed E-state index contributed by atoms with van der Waals surface area (Å²) in [7, 11) is 5.71. The minimum atomic E-state index is -0.462. The largest absolute Gasteiger partial charge is 0.497 e. The van der Waals surface area contributed by atoms with E-state index in [9.17, 15) is 9.59 Å². The van der Waals surface area contributed by atoms with Crippen molar-refractivity contribution < 1.29 is 9.53 Å². The molecule has 0 atom stereocenters. The minimum Gasteiger partial charge on any atom is -0.497 e. The average molecular weight is 620 g/mol. The van der Waals surface area contributed by atoms with E-state index in [2.05, 4.69) is 81.4 Å². The fraction of sp³-hybridized carbons (Fsp3) is 0.400. The van der Waals surface area contributed by atoms with Gasteiger partial charge in [0.05, 0.1) is 7.11 Å². The molecule has 0 bridgehead atoms. The maximum absolute atomic E-state index is 14.2. The number of amides is 2. The Morgan fingerprint density at radius 2 is 1.64 bits per heavy atom. The first-order chi connectivity index (χ1) is 20.5. The van der Waals surface area contributed by atoms with Crippen LogP contribution in [0.25, 0.3) is 22.2 Å². The van der Waals surface area contributed by atoms with Crippen LogP contribution in [-0.4, -0.2) is 41.7 Å². The Bertz CT molecular complexity index is 1630. The highest BCUT2D eigenvalue weighted by atomic mass is 35.5. The number of hydrogen-bond acceptors (Lipinski definition) is 5. The van der Waals surface area contributed by atoms with Crippen LogP contribution in [0.1, 0.15) is 76.0 Å². The number of ether oxygens (including phenoxy) is 1. The molecule has 0 aliphatic rings. The summed E-state index contributed by atoms with van der Waals surface area (Å²) in [4.78, 5) is 34.8. The van der Waals surface area contributed by atoms with Gasteiger partial charge < -0.3 is 20.3 Å². The number of pyridine rings is 2. The van der Waals surface area contributed by atoms with Gasteiger partial charge >= 0.3 is 6.03 Å². The lowest BCUT2D eigenvalue weighted by Crippen LogP contribution is -2.30. The van der Waals surface area contributed by atoms with Crippen LogP contribution in [0.2, 0.25) is 0 Å². The van der Waals surface area contributed by atoms with Crippen molar-refractivity contribution in [1.29, 1.82) is 0 Å². The van der Waals surface area contributed by atoms with E-state index in [1.807, 2.05) is 36.4 Å². The average Bonchev–Trinajstić information content (AvgIpc) is 2.97. The normalized spacial score (nSPS) is 11.2. The van der Waals surface area contributed by atoms with E-state index in [4.69, 9.17) is 4.74 Å². The quantitative estimate of drug-likeness (QED) is 0.176. The standard InChI is InChI=1S/C35H45N5O3.ClH/c1-9-10-17-40-33-27(15-12-16-36-33)30(25-13-11-14-26(20-25)43-8)32(34(40)41)38-35(42)37-31-28(22(2)3)18-24(21-39(6)7)19-29(31)23(4)5;/h11-16,18-20,22-23H,9-10,17,21H2,1-8H3,(H2,37,38,42);1H. The van der Waals surface area contributed by atoms with Gasteiger partial charge in [0, 0.05) is 35.9 Å². The second-order valence-electron chi connectivity index (χ2n) is 11.9. The molecule has 0 aliphatic carbocycles. The number of unbranched alkanes of at least 4 members (excludes halogenated alkanes) is 1. The molecule has 0 spiro atoms. The molecule has 2 aromatic heterocycles. The lowest BCUT2D eigenvalue weighted by atomic mass is 9.90. The van der Waals surface area contributed by atoms with Gasteiger partial charge in [0.25, 0.3) is 5.56 Å². The Labute approximate surface area is 267 Å². The van der Waals surface area contributed by atoms with Crippen molar-refractivity contribution in [1.82, 2.24) is 14.5 Å². The number of hydrogen-bond donors (Lipinski definition) is 2. The van der Waals surface area contributed by atoms with E-state index in [0.717, 1.165) is 47.2 Å². The summed E-state index contributed by atoms with van der Waals surface area (Å²) in [5.41, 5.74) is 6.00. The van der Waals surface area contributed by atoms with Gasteiger partial charge in [0.15, 0.2) is 0 Å². The molecule has 2 N–H and O–H groups in total. The van der Waals surface area contributed by atoms with Crippen molar-refractivity contribution >= 4 is 40.8 Å². The van der Waals surface area contributed by atoms with Gasteiger partial charge in [-0.1, -0.05) is 65.3 Å². The summed E-state index contributed by atoms with van der Waals surface area (Å²) in [6, 6.07) is 15.2. The number of carbonyl (C=O) groups is 1. The van der Waals surface area contributed by atoms with Gasteiger partial charge in [-0.2, -0.15) is 0 Å². The highest BCUT2D eigenvalue weighted by Crippen LogP contribution is 2.37. The van der Waals surface area contributed by atoms with Crippen molar-refractivity contribution in [3.8, 4) is 16.9 Å². The summed E-state index contributed by atoms with van der Waals surface area (Å²) >= 11 is 0. The number of nitrogens with zero attached hydrogens (tertiary/aromatic N) is 3. The third-order valence-electron chi connectivity index (χ3n) is 7.59. The molecule has 2 heterocycles. The fourth-order valence-corrected chi connectivity index (χ4v) is 5.52. The number of nitrogens with one attached hydrogen (secondary N) is 2. The molecule has 2 aromatic carbocycles. The fourth-order valence-electron chi connectivity index (χ4n) is 5.52. The predicted octanol–water partition coefficient (Wildman–Crippen LogP) is 8.25. The molecule has 0 radical (unpaired) electrons. The van der Waals surface area contributed by atoms with E-state index in [1.54, 1.807) is 17.9 Å². The van der Waals surface area contributed by atoms with Gasteiger partial charge in [0.1, 0.15) is 17.1 Å². The Morgan fingerprint density at radius 3 is 2.23 bits per heavy atom. The van der Waals surface area contributed by atoms with Crippen LogP contribution in [0.4, 0.5) is 16.2 Å². The Kier molecular flexibility index (Phi) is 12.0.